The lowest BCUT2D eigenvalue weighted by Gasteiger charge is -2.26. The van der Waals surface area contributed by atoms with Gasteiger partial charge in [-0.15, -0.1) is 12.3 Å². The quantitative estimate of drug-likeness (QED) is 0.0216. The van der Waals surface area contributed by atoms with E-state index in [2.05, 4.69) is 11.2 Å². The molecule has 0 aliphatic carbocycles. The number of anilines is 1. The molecule has 8 atom stereocenters. The fourth-order valence-electron chi connectivity index (χ4n) is 4.88. The topological polar surface area (TPSA) is 410 Å². The van der Waals surface area contributed by atoms with Crippen LogP contribution in [0, 0.1) is 12.3 Å². The number of aliphatic hydroxyl groups excluding tert-OH is 17. The normalized spacial score (nSPS) is 17.5. The minimum atomic E-state index is -2.71. The number of aliphatic hydroxyl groups is 17. The highest BCUT2D eigenvalue weighted by Gasteiger charge is 2.34. The van der Waals surface area contributed by atoms with Gasteiger partial charge in [0.05, 0.1) is 0 Å². The molecule has 1 amide bonds. The third kappa shape index (κ3) is 17.0. The summed E-state index contributed by atoms with van der Waals surface area (Å²) in [5.41, 5.74) is -0.0728. The molecule has 61 heavy (non-hydrogen) atoms. The number of hydrogen-bond donors (Lipinski definition) is 18. The maximum Gasteiger partial charge on any atom is 0.259 e. The third-order valence-electron chi connectivity index (χ3n) is 8.12. The van der Waals surface area contributed by atoms with Crippen molar-refractivity contribution in [3.63, 3.8) is 0 Å². The minimum Gasteiger partial charge on any atom is -0.506 e. The smallest absolute Gasteiger partial charge is 0.259 e. The van der Waals surface area contributed by atoms with Crippen LogP contribution in [0.2, 0.25) is 0 Å². The molecule has 0 saturated heterocycles. The number of ether oxygens (including phenoxy) is 4. The summed E-state index contributed by atoms with van der Waals surface area (Å²) < 4.78 is 33.9. The lowest BCUT2D eigenvalue weighted by atomic mass is 10.1. The first-order valence-electron chi connectivity index (χ1n) is 18.2. The Hall–Kier alpha value is -5.14. The minimum absolute atomic E-state index is 0.0803. The number of benzene rings is 1. The standard InChI is InChI=1S/C37H54FNO22/c1-2-3-4-5-25(45)39-19-6-7-21(18(16-19)17-38)58-35(55)31(51)27(47)23(10-14-42)60-37(57)33(53)29(49)24(11-15-43)61-36(56)32(52)28(48)22(9-13-41)59-34(54)30(50)26(46)20(44)8-12-40/h1,6-7,16,20,22-24,34-37,40-44,46-57H,3-5,8-15,17H2,(H,39,45)/b30-26-,31-27-,32-28-,33-29-/t20-,22-,23+,24+,34-,35+,36-,37-/m1/s1. The van der Waals surface area contributed by atoms with Crippen LogP contribution in [0.25, 0.3) is 0 Å². The summed E-state index contributed by atoms with van der Waals surface area (Å²) in [6.07, 6.45) is -15.0. The van der Waals surface area contributed by atoms with Crippen molar-refractivity contribution in [3.8, 4) is 18.1 Å². The molecule has 346 valence electrons. The van der Waals surface area contributed by atoms with Gasteiger partial charge in [-0.2, -0.15) is 0 Å². The molecule has 0 radical (unpaired) electrons. The summed E-state index contributed by atoms with van der Waals surface area (Å²) in [5.74, 6) is -9.71. The van der Waals surface area contributed by atoms with E-state index in [0.29, 0.717) is 12.8 Å². The second kappa shape index (κ2) is 27.7. The molecule has 1 aromatic carbocycles. The summed E-state index contributed by atoms with van der Waals surface area (Å²) in [7, 11) is 0. The van der Waals surface area contributed by atoms with Crippen molar-refractivity contribution in [2.75, 3.05) is 31.7 Å². The maximum absolute atomic E-state index is 13.9. The van der Waals surface area contributed by atoms with Crippen molar-refractivity contribution in [1.29, 1.82) is 0 Å². The van der Waals surface area contributed by atoms with Gasteiger partial charge in [-0.3, -0.25) is 4.79 Å². The fraction of sp³-hybridized carbons (Fsp3) is 0.541. The van der Waals surface area contributed by atoms with Gasteiger partial charge < -0.3 is 111 Å². The third-order valence-corrected chi connectivity index (χ3v) is 8.12. The number of carbonyl (C=O) groups is 1. The average molecular weight is 884 g/mol. The van der Waals surface area contributed by atoms with Crippen molar-refractivity contribution >= 4 is 11.6 Å². The van der Waals surface area contributed by atoms with Gasteiger partial charge in [0.15, 0.2) is 40.3 Å². The van der Waals surface area contributed by atoms with Crippen molar-refractivity contribution in [2.24, 2.45) is 0 Å². The molecular weight excluding hydrogens is 829 g/mol. The molecule has 0 unspecified atom stereocenters. The molecule has 0 aliphatic heterocycles. The van der Waals surface area contributed by atoms with Crippen LogP contribution < -0.4 is 10.1 Å². The van der Waals surface area contributed by atoms with Crippen LogP contribution in [0.4, 0.5) is 10.1 Å². The van der Waals surface area contributed by atoms with E-state index in [0.717, 1.165) is 12.1 Å². The van der Waals surface area contributed by atoms with E-state index in [1.54, 1.807) is 0 Å². The van der Waals surface area contributed by atoms with E-state index in [4.69, 9.17) is 30.5 Å². The highest BCUT2D eigenvalue weighted by Crippen LogP contribution is 2.28. The molecule has 0 saturated carbocycles. The molecule has 0 spiro atoms. The summed E-state index contributed by atoms with van der Waals surface area (Å²) >= 11 is 0. The second-order valence-electron chi connectivity index (χ2n) is 12.6. The average Bonchev–Trinajstić information content (AvgIpc) is 3.24. The highest BCUT2D eigenvalue weighted by molar-refractivity contribution is 5.90. The summed E-state index contributed by atoms with van der Waals surface area (Å²) in [6, 6.07) is 3.55. The first kappa shape index (κ1) is 53.9. The van der Waals surface area contributed by atoms with Gasteiger partial charge in [-0.1, -0.05) is 0 Å². The van der Waals surface area contributed by atoms with Crippen molar-refractivity contribution in [3.05, 3.63) is 69.8 Å². The maximum atomic E-state index is 13.9. The number of hydrogen-bond acceptors (Lipinski definition) is 22. The molecule has 1 aromatic rings. The van der Waals surface area contributed by atoms with Gasteiger partial charge in [0.25, 0.3) is 6.29 Å². The molecule has 0 fully saturated rings. The first-order valence-corrected chi connectivity index (χ1v) is 18.2. The molecule has 0 bridgehead atoms. The van der Waals surface area contributed by atoms with E-state index in [9.17, 15) is 90.9 Å². The molecular formula is C37H54FNO22. The second-order valence-corrected chi connectivity index (χ2v) is 12.6. The zero-order chi connectivity index (χ0) is 46.4. The number of rotatable bonds is 29. The Balaban J connectivity index is 3.27. The Morgan fingerprint density at radius 1 is 0.623 bits per heavy atom. The van der Waals surface area contributed by atoms with E-state index >= 15 is 0 Å². The van der Waals surface area contributed by atoms with Gasteiger partial charge in [0, 0.05) is 76.2 Å². The number of nitrogens with one attached hydrogen (secondary N) is 1. The first-order chi connectivity index (χ1) is 28.8. The molecule has 0 heterocycles. The van der Waals surface area contributed by atoms with E-state index < -0.39 is 160 Å². The van der Waals surface area contributed by atoms with Crippen LogP contribution in [0.1, 0.15) is 50.5 Å². The van der Waals surface area contributed by atoms with E-state index in [-0.39, 0.29) is 23.4 Å². The molecule has 23 nitrogen and oxygen atoms in total. The summed E-state index contributed by atoms with van der Waals surface area (Å²) in [5, 5.41) is 174. The predicted octanol–water partition coefficient (Wildman–Crippen LogP) is -0.0930. The SMILES string of the molecule is C#CCCCC(=O)Nc1ccc(O[C@H](O)/C(O)=C(/O)[C@H](CCO)O[C@@H](O)/C(O)=C(/O)[C@H](CCO)O[C@@H](O)/C(O)=C(/O)[C@@H](CCO)O[C@@H](O)/C(O)=C(/O)[C@H](O)CCO)c(CF)c1. The van der Waals surface area contributed by atoms with Crippen molar-refractivity contribution < 1.29 is 115 Å². The molecule has 1 rings (SSSR count). The van der Waals surface area contributed by atoms with Crippen LogP contribution in [0.15, 0.2) is 64.3 Å². The Morgan fingerprint density at radius 3 is 1.43 bits per heavy atom. The van der Waals surface area contributed by atoms with Gasteiger partial charge >= 0.3 is 0 Å². The molecule has 0 aliphatic rings. The van der Waals surface area contributed by atoms with E-state index in [1.165, 1.54) is 6.07 Å². The summed E-state index contributed by atoms with van der Waals surface area (Å²) in [6.45, 7) is -4.41. The van der Waals surface area contributed by atoms with Crippen LogP contribution in [0.5, 0.6) is 5.75 Å². The Bertz CT molecular complexity index is 1690. The lowest BCUT2D eigenvalue weighted by Crippen LogP contribution is -2.34. The Morgan fingerprint density at radius 2 is 1.03 bits per heavy atom. The van der Waals surface area contributed by atoms with Gasteiger partial charge in [-0.05, 0) is 24.6 Å². The van der Waals surface area contributed by atoms with Crippen LogP contribution in [0.3, 0.4) is 0 Å². The molecule has 24 heteroatoms. The number of alkyl halides is 1. The highest BCUT2D eigenvalue weighted by atomic mass is 19.1. The Labute approximate surface area is 347 Å². The zero-order valence-electron chi connectivity index (χ0n) is 32.4. The number of unbranched alkanes of at least 4 members (excludes halogenated alkanes) is 1. The number of halogens is 1. The van der Waals surface area contributed by atoms with Crippen molar-refractivity contribution in [1.82, 2.24) is 0 Å². The lowest BCUT2D eigenvalue weighted by molar-refractivity contribution is -0.155. The van der Waals surface area contributed by atoms with Crippen LogP contribution in [-0.2, 0) is 25.7 Å². The molecule has 18 N–H and O–H groups in total. The fourth-order valence-corrected chi connectivity index (χ4v) is 4.88. The predicted molar refractivity (Wildman–Crippen MR) is 204 cm³/mol. The Kier molecular flexibility index (Phi) is 24.4. The van der Waals surface area contributed by atoms with Gasteiger partial charge in [-0.25, -0.2) is 4.39 Å². The van der Waals surface area contributed by atoms with Crippen molar-refractivity contribution in [2.45, 2.75) is 101 Å². The molecule has 0 aromatic heterocycles. The number of terminal acetylenes is 1. The zero-order valence-corrected chi connectivity index (χ0v) is 32.4. The number of carbonyl (C=O) groups excluding carboxylic acids is 1. The van der Waals surface area contributed by atoms with Crippen LogP contribution >= 0.6 is 0 Å². The van der Waals surface area contributed by atoms with Gasteiger partial charge in [0.1, 0.15) is 36.8 Å². The largest absolute Gasteiger partial charge is 0.506 e. The van der Waals surface area contributed by atoms with Gasteiger partial charge in [0.2, 0.25) is 30.5 Å². The summed E-state index contributed by atoms with van der Waals surface area (Å²) in [4.78, 5) is 12.1. The van der Waals surface area contributed by atoms with Crippen LogP contribution in [-0.4, -0.2) is 169 Å². The monoisotopic (exact) mass is 883 g/mol. The van der Waals surface area contributed by atoms with E-state index in [1.807, 2.05) is 0 Å². The number of amides is 1.